The van der Waals surface area contributed by atoms with Crippen molar-refractivity contribution in [1.82, 2.24) is 10.3 Å². The van der Waals surface area contributed by atoms with E-state index in [0.29, 0.717) is 12.6 Å². The van der Waals surface area contributed by atoms with Crippen molar-refractivity contribution >= 4 is 0 Å². The van der Waals surface area contributed by atoms with E-state index in [2.05, 4.69) is 36.3 Å². The van der Waals surface area contributed by atoms with Gasteiger partial charge in [-0.15, -0.1) is 0 Å². The van der Waals surface area contributed by atoms with Crippen LogP contribution in [0.4, 0.5) is 0 Å². The van der Waals surface area contributed by atoms with Gasteiger partial charge in [0.05, 0.1) is 5.69 Å². The smallest absolute Gasteiger partial charge is 0.130 e. The molecule has 0 radical (unpaired) electrons. The summed E-state index contributed by atoms with van der Waals surface area (Å²) in [6.07, 6.45) is 0. The summed E-state index contributed by atoms with van der Waals surface area (Å²) in [6, 6.07) is 12.6. The Bertz CT molecular complexity index is 581. The van der Waals surface area contributed by atoms with E-state index in [1.54, 1.807) is 0 Å². The molecule has 1 N–H and O–H groups in total. The molecule has 0 saturated carbocycles. The Morgan fingerprint density at radius 2 is 2.00 bits per heavy atom. The first kappa shape index (κ1) is 14.5. The van der Waals surface area contributed by atoms with Gasteiger partial charge in [-0.05, 0) is 57.1 Å². The number of hydrogen-bond acceptors (Lipinski definition) is 3. The SMILES string of the molecule is CNC(C)c1ccc(OCc2cccc(C)n2)c(C)c1. The first-order chi connectivity index (χ1) is 9.60. The second-order valence-corrected chi connectivity index (χ2v) is 5.09. The average molecular weight is 270 g/mol. The van der Waals surface area contributed by atoms with Gasteiger partial charge in [-0.3, -0.25) is 4.98 Å². The Kier molecular flexibility index (Phi) is 4.74. The summed E-state index contributed by atoms with van der Waals surface area (Å²) < 4.78 is 5.86. The van der Waals surface area contributed by atoms with Crippen molar-refractivity contribution in [3.63, 3.8) is 0 Å². The normalized spacial score (nSPS) is 12.2. The van der Waals surface area contributed by atoms with E-state index in [0.717, 1.165) is 22.7 Å². The van der Waals surface area contributed by atoms with Crippen molar-refractivity contribution in [2.45, 2.75) is 33.4 Å². The molecule has 0 spiro atoms. The summed E-state index contributed by atoms with van der Waals surface area (Å²) in [5.41, 5.74) is 4.39. The van der Waals surface area contributed by atoms with Gasteiger partial charge >= 0.3 is 0 Å². The molecular formula is C17H22N2O. The van der Waals surface area contributed by atoms with Gasteiger partial charge in [0, 0.05) is 11.7 Å². The lowest BCUT2D eigenvalue weighted by atomic mass is 10.1. The molecule has 0 saturated heterocycles. The molecule has 1 unspecified atom stereocenters. The molecule has 3 nitrogen and oxygen atoms in total. The zero-order valence-corrected chi connectivity index (χ0v) is 12.6. The molecule has 1 aromatic carbocycles. The largest absolute Gasteiger partial charge is 0.487 e. The third-order valence-electron chi connectivity index (χ3n) is 3.45. The molecule has 1 heterocycles. The van der Waals surface area contributed by atoms with Crippen molar-refractivity contribution in [3.8, 4) is 5.75 Å². The zero-order valence-electron chi connectivity index (χ0n) is 12.6. The molecular weight excluding hydrogens is 248 g/mol. The number of nitrogens with one attached hydrogen (secondary N) is 1. The highest BCUT2D eigenvalue weighted by Gasteiger charge is 2.06. The van der Waals surface area contributed by atoms with E-state index < -0.39 is 0 Å². The lowest BCUT2D eigenvalue weighted by Gasteiger charge is -2.14. The lowest BCUT2D eigenvalue weighted by Crippen LogP contribution is -2.12. The maximum atomic E-state index is 5.86. The summed E-state index contributed by atoms with van der Waals surface area (Å²) in [5, 5.41) is 3.24. The highest BCUT2D eigenvalue weighted by atomic mass is 16.5. The molecule has 0 aliphatic heterocycles. The molecule has 3 heteroatoms. The average Bonchev–Trinajstić information content (AvgIpc) is 2.45. The third-order valence-corrected chi connectivity index (χ3v) is 3.45. The summed E-state index contributed by atoms with van der Waals surface area (Å²) >= 11 is 0. The van der Waals surface area contributed by atoms with Crippen LogP contribution in [-0.2, 0) is 6.61 Å². The first-order valence-corrected chi connectivity index (χ1v) is 6.93. The fourth-order valence-electron chi connectivity index (χ4n) is 2.10. The van der Waals surface area contributed by atoms with E-state index in [4.69, 9.17) is 4.74 Å². The minimum absolute atomic E-state index is 0.348. The topological polar surface area (TPSA) is 34.1 Å². The molecule has 1 aromatic heterocycles. The predicted octanol–water partition coefficient (Wildman–Crippen LogP) is 3.56. The second-order valence-electron chi connectivity index (χ2n) is 5.09. The fourth-order valence-corrected chi connectivity index (χ4v) is 2.10. The number of ether oxygens (including phenoxy) is 1. The Labute approximate surface area is 121 Å². The number of pyridine rings is 1. The second kappa shape index (κ2) is 6.53. The van der Waals surface area contributed by atoms with Crippen LogP contribution in [0.3, 0.4) is 0 Å². The van der Waals surface area contributed by atoms with Crippen LogP contribution >= 0.6 is 0 Å². The molecule has 1 atom stereocenters. The van der Waals surface area contributed by atoms with Gasteiger partial charge in [0.1, 0.15) is 12.4 Å². The van der Waals surface area contributed by atoms with Gasteiger partial charge in [0.15, 0.2) is 0 Å². The van der Waals surface area contributed by atoms with Gasteiger partial charge in [0.2, 0.25) is 0 Å². The zero-order chi connectivity index (χ0) is 14.5. The van der Waals surface area contributed by atoms with Crippen molar-refractivity contribution in [2.24, 2.45) is 0 Å². The minimum atomic E-state index is 0.348. The summed E-state index contributed by atoms with van der Waals surface area (Å²) in [4.78, 5) is 4.44. The number of aromatic nitrogens is 1. The van der Waals surface area contributed by atoms with Crippen LogP contribution in [0.1, 0.15) is 35.5 Å². The van der Waals surface area contributed by atoms with Crippen LogP contribution in [0.25, 0.3) is 0 Å². The van der Waals surface area contributed by atoms with Crippen molar-refractivity contribution in [2.75, 3.05) is 7.05 Å². The van der Waals surface area contributed by atoms with Gasteiger partial charge in [-0.1, -0.05) is 18.2 Å². The quantitative estimate of drug-likeness (QED) is 0.902. The summed E-state index contributed by atoms with van der Waals surface area (Å²) in [7, 11) is 1.97. The van der Waals surface area contributed by atoms with E-state index in [1.807, 2.05) is 38.2 Å². The van der Waals surface area contributed by atoms with Gasteiger partial charge in [-0.25, -0.2) is 0 Å². The van der Waals surface area contributed by atoms with Gasteiger partial charge in [-0.2, -0.15) is 0 Å². The van der Waals surface area contributed by atoms with Crippen LogP contribution in [-0.4, -0.2) is 12.0 Å². The first-order valence-electron chi connectivity index (χ1n) is 6.93. The number of benzene rings is 1. The molecule has 0 amide bonds. The Morgan fingerprint density at radius 1 is 1.20 bits per heavy atom. The Balaban J connectivity index is 2.07. The van der Waals surface area contributed by atoms with Crippen LogP contribution in [0.5, 0.6) is 5.75 Å². The number of hydrogen-bond donors (Lipinski definition) is 1. The van der Waals surface area contributed by atoms with Crippen molar-refractivity contribution in [1.29, 1.82) is 0 Å². The number of aryl methyl sites for hydroxylation is 2. The van der Waals surface area contributed by atoms with Crippen molar-refractivity contribution < 1.29 is 4.74 Å². The minimum Gasteiger partial charge on any atom is -0.487 e. The molecule has 0 bridgehead atoms. The molecule has 0 aliphatic rings. The molecule has 0 fully saturated rings. The lowest BCUT2D eigenvalue weighted by molar-refractivity contribution is 0.299. The predicted molar refractivity (Wildman–Crippen MR) is 82.0 cm³/mol. The third kappa shape index (κ3) is 3.58. The molecule has 106 valence electrons. The van der Waals surface area contributed by atoms with E-state index in [9.17, 15) is 0 Å². The van der Waals surface area contributed by atoms with E-state index in [1.165, 1.54) is 5.56 Å². The fraction of sp³-hybridized carbons (Fsp3) is 0.353. The highest BCUT2D eigenvalue weighted by Crippen LogP contribution is 2.23. The molecule has 2 aromatic rings. The van der Waals surface area contributed by atoms with Crippen LogP contribution in [0.15, 0.2) is 36.4 Å². The Hall–Kier alpha value is -1.87. The monoisotopic (exact) mass is 270 g/mol. The van der Waals surface area contributed by atoms with Crippen molar-refractivity contribution in [3.05, 3.63) is 58.9 Å². The molecule has 0 aliphatic carbocycles. The van der Waals surface area contributed by atoms with Gasteiger partial charge in [0.25, 0.3) is 0 Å². The maximum Gasteiger partial charge on any atom is 0.130 e. The summed E-state index contributed by atoms with van der Waals surface area (Å²) in [6.45, 7) is 6.71. The van der Waals surface area contributed by atoms with Gasteiger partial charge < -0.3 is 10.1 Å². The molecule has 2 rings (SSSR count). The summed E-state index contributed by atoms with van der Waals surface area (Å²) in [5.74, 6) is 0.917. The number of rotatable bonds is 5. The molecule has 20 heavy (non-hydrogen) atoms. The van der Waals surface area contributed by atoms with E-state index in [-0.39, 0.29) is 0 Å². The van der Waals surface area contributed by atoms with E-state index >= 15 is 0 Å². The standard InChI is InChI=1S/C17H22N2O/c1-12-10-15(14(3)18-4)8-9-17(12)20-11-16-7-5-6-13(2)19-16/h5-10,14,18H,11H2,1-4H3. The highest BCUT2D eigenvalue weighted by molar-refractivity contribution is 5.37. The number of nitrogens with zero attached hydrogens (tertiary/aromatic N) is 1. The maximum absolute atomic E-state index is 5.86. The van der Waals surface area contributed by atoms with Crippen LogP contribution in [0.2, 0.25) is 0 Å². The van der Waals surface area contributed by atoms with Crippen LogP contribution in [0, 0.1) is 13.8 Å². The Morgan fingerprint density at radius 3 is 2.65 bits per heavy atom. The van der Waals surface area contributed by atoms with Crippen LogP contribution < -0.4 is 10.1 Å².